The Hall–Kier alpha value is -2.43. The molecule has 0 aliphatic heterocycles. The topological polar surface area (TPSA) is 54.9 Å². The maximum absolute atomic E-state index is 12.2. The SMILES string of the molecule is O=C(Nc1ccc(Cl)c(Cl)c1)c1cnc(-c2ccccc2)nc1. The Bertz CT molecular complexity index is 836. The maximum Gasteiger partial charge on any atom is 0.258 e. The number of halogens is 2. The van der Waals surface area contributed by atoms with E-state index in [0.29, 0.717) is 27.1 Å². The van der Waals surface area contributed by atoms with Gasteiger partial charge in [-0.25, -0.2) is 9.97 Å². The summed E-state index contributed by atoms with van der Waals surface area (Å²) in [4.78, 5) is 20.6. The summed E-state index contributed by atoms with van der Waals surface area (Å²) in [6.45, 7) is 0. The van der Waals surface area contributed by atoms with Crippen LogP contribution in [0.15, 0.2) is 60.9 Å². The fourth-order valence-corrected chi connectivity index (χ4v) is 2.26. The van der Waals surface area contributed by atoms with Crippen LogP contribution >= 0.6 is 23.2 Å². The normalized spacial score (nSPS) is 10.3. The van der Waals surface area contributed by atoms with Gasteiger partial charge in [-0.1, -0.05) is 53.5 Å². The summed E-state index contributed by atoms with van der Waals surface area (Å²) in [5.74, 6) is 0.250. The molecule has 23 heavy (non-hydrogen) atoms. The Kier molecular flexibility index (Phi) is 4.55. The van der Waals surface area contributed by atoms with Crippen molar-refractivity contribution in [3.05, 3.63) is 76.5 Å². The van der Waals surface area contributed by atoms with Gasteiger partial charge in [0.1, 0.15) is 0 Å². The molecular weight excluding hydrogens is 333 g/mol. The van der Waals surface area contributed by atoms with E-state index < -0.39 is 0 Å². The zero-order valence-electron chi connectivity index (χ0n) is 11.8. The van der Waals surface area contributed by atoms with Gasteiger partial charge in [0.15, 0.2) is 5.82 Å². The van der Waals surface area contributed by atoms with Gasteiger partial charge in [-0.05, 0) is 18.2 Å². The molecule has 0 atom stereocenters. The van der Waals surface area contributed by atoms with E-state index in [4.69, 9.17) is 23.2 Å². The van der Waals surface area contributed by atoms with Crippen LogP contribution in [0, 0.1) is 0 Å². The first-order valence-corrected chi connectivity index (χ1v) is 7.53. The monoisotopic (exact) mass is 343 g/mol. The average molecular weight is 344 g/mol. The molecule has 1 aromatic heterocycles. The third-order valence-corrected chi connectivity index (χ3v) is 3.86. The van der Waals surface area contributed by atoms with Gasteiger partial charge in [-0.3, -0.25) is 4.79 Å². The van der Waals surface area contributed by atoms with Crippen LogP contribution in [0.4, 0.5) is 5.69 Å². The van der Waals surface area contributed by atoms with Crippen molar-refractivity contribution in [2.75, 3.05) is 5.32 Å². The van der Waals surface area contributed by atoms with Crippen LogP contribution in [0.3, 0.4) is 0 Å². The lowest BCUT2D eigenvalue weighted by Crippen LogP contribution is -2.12. The molecule has 0 saturated heterocycles. The summed E-state index contributed by atoms with van der Waals surface area (Å²) >= 11 is 11.8. The third kappa shape index (κ3) is 3.67. The fraction of sp³-hybridized carbons (Fsp3) is 0. The predicted molar refractivity (Wildman–Crippen MR) is 91.9 cm³/mol. The highest BCUT2D eigenvalue weighted by molar-refractivity contribution is 6.42. The maximum atomic E-state index is 12.2. The van der Waals surface area contributed by atoms with E-state index in [1.807, 2.05) is 30.3 Å². The number of nitrogens with one attached hydrogen (secondary N) is 1. The molecule has 6 heteroatoms. The van der Waals surface area contributed by atoms with Crippen LogP contribution in [0.5, 0.6) is 0 Å². The number of benzene rings is 2. The number of anilines is 1. The van der Waals surface area contributed by atoms with Gasteiger partial charge in [0, 0.05) is 23.6 Å². The van der Waals surface area contributed by atoms with E-state index in [0.717, 1.165) is 5.56 Å². The Labute approximate surface area is 143 Å². The van der Waals surface area contributed by atoms with Crippen molar-refractivity contribution in [1.29, 1.82) is 0 Å². The van der Waals surface area contributed by atoms with E-state index in [-0.39, 0.29) is 5.91 Å². The molecule has 2 aromatic carbocycles. The minimum absolute atomic E-state index is 0.317. The highest BCUT2D eigenvalue weighted by Gasteiger charge is 2.09. The highest BCUT2D eigenvalue weighted by atomic mass is 35.5. The van der Waals surface area contributed by atoms with Crippen molar-refractivity contribution >= 4 is 34.8 Å². The summed E-state index contributed by atoms with van der Waals surface area (Å²) in [6, 6.07) is 14.4. The average Bonchev–Trinajstić information content (AvgIpc) is 2.59. The van der Waals surface area contributed by atoms with Crippen molar-refractivity contribution in [2.24, 2.45) is 0 Å². The van der Waals surface area contributed by atoms with Gasteiger partial charge in [-0.15, -0.1) is 0 Å². The molecule has 3 aromatic rings. The van der Waals surface area contributed by atoms with Gasteiger partial charge < -0.3 is 5.32 Å². The summed E-state index contributed by atoms with van der Waals surface area (Å²) < 4.78 is 0. The Morgan fingerprint density at radius 2 is 1.61 bits per heavy atom. The van der Waals surface area contributed by atoms with E-state index in [9.17, 15) is 4.79 Å². The number of hydrogen-bond donors (Lipinski definition) is 1. The minimum atomic E-state index is -0.317. The Morgan fingerprint density at radius 3 is 2.26 bits per heavy atom. The Balaban J connectivity index is 1.76. The summed E-state index contributed by atoms with van der Waals surface area (Å²) in [6.07, 6.45) is 2.98. The molecule has 0 saturated carbocycles. The molecule has 1 amide bonds. The van der Waals surface area contributed by atoms with Gasteiger partial charge in [0.05, 0.1) is 15.6 Å². The third-order valence-electron chi connectivity index (χ3n) is 3.12. The smallest absolute Gasteiger partial charge is 0.258 e. The molecule has 0 aliphatic rings. The lowest BCUT2D eigenvalue weighted by molar-refractivity contribution is 0.102. The number of aromatic nitrogens is 2. The van der Waals surface area contributed by atoms with E-state index in [2.05, 4.69) is 15.3 Å². The summed E-state index contributed by atoms with van der Waals surface area (Å²) in [5, 5.41) is 3.53. The summed E-state index contributed by atoms with van der Waals surface area (Å²) in [5.41, 5.74) is 1.80. The van der Waals surface area contributed by atoms with Crippen molar-refractivity contribution < 1.29 is 4.79 Å². The molecule has 1 heterocycles. The molecule has 0 unspecified atom stereocenters. The first kappa shape index (κ1) is 15.5. The van der Waals surface area contributed by atoms with Crippen molar-refractivity contribution in [3.63, 3.8) is 0 Å². The molecule has 0 radical (unpaired) electrons. The van der Waals surface area contributed by atoms with E-state index >= 15 is 0 Å². The number of rotatable bonds is 3. The number of nitrogens with zero attached hydrogens (tertiary/aromatic N) is 2. The number of carbonyl (C=O) groups excluding carboxylic acids is 1. The number of amides is 1. The zero-order chi connectivity index (χ0) is 16.2. The van der Waals surface area contributed by atoms with Crippen molar-refractivity contribution in [3.8, 4) is 11.4 Å². The fourth-order valence-electron chi connectivity index (χ4n) is 1.96. The van der Waals surface area contributed by atoms with Crippen LogP contribution in [-0.2, 0) is 0 Å². The molecule has 0 bridgehead atoms. The van der Waals surface area contributed by atoms with Crippen LogP contribution in [0.1, 0.15) is 10.4 Å². The highest BCUT2D eigenvalue weighted by Crippen LogP contribution is 2.25. The van der Waals surface area contributed by atoms with Crippen molar-refractivity contribution in [1.82, 2.24) is 9.97 Å². The summed E-state index contributed by atoms with van der Waals surface area (Å²) in [7, 11) is 0. The standard InChI is InChI=1S/C17H11Cl2N3O/c18-14-7-6-13(8-15(14)19)22-17(23)12-9-20-16(21-10-12)11-4-2-1-3-5-11/h1-10H,(H,22,23). The van der Waals surface area contributed by atoms with Crippen LogP contribution < -0.4 is 5.32 Å². The molecule has 0 fully saturated rings. The van der Waals surface area contributed by atoms with Crippen molar-refractivity contribution in [2.45, 2.75) is 0 Å². The number of carbonyl (C=O) groups is 1. The first-order chi connectivity index (χ1) is 11.1. The van der Waals surface area contributed by atoms with Crippen LogP contribution in [0.25, 0.3) is 11.4 Å². The molecule has 0 spiro atoms. The molecule has 114 valence electrons. The zero-order valence-corrected chi connectivity index (χ0v) is 13.3. The first-order valence-electron chi connectivity index (χ1n) is 6.77. The van der Waals surface area contributed by atoms with Crippen LogP contribution in [-0.4, -0.2) is 15.9 Å². The molecule has 3 rings (SSSR count). The van der Waals surface area contributed by atoms with Gasteiger partial charge in [0.25, 0.3) is 5.91 Å². The Morgan fingerprint density at radius 1 is 0.913 bits per heavy atom. The largest absolute Gasteiger partial charge is 0.322 e. The minimum Gasteiger partial charge on any atom is -0.322 e. The van der Waals surface area contributed by atoms with Crippen LogP contribution in [0.2, 0.25) is 10.0 Å². The lowest BCUT2D eigenvalue weighted by Gasteiger charge is -2.06. The molecule has 4 nitrogen and oxygen atoms in total. The molecule has 1 N–H and O–H groups in total. The second kappa shape index (κ2) is 6.77. The molecular formula is C17H11Cl2N3O. The van der Waals surface area contributed by atoms with Gasteiger partial charge in [0.2, 0.25) is 0 Å². The molecule has 0 aliphatic carbocycles. The lowest BCUT2D eigenvalue weighted by atomic mass is 10.2. The van der Waals surface area contributed by atoms with E-state index in [1.165, 1.54) is 12.4 Å². The second-order valence-corrected chi connectivity index (χ2v) is 5.56. The number of hydrogen-bond acceptors (Lipinski definition) is 3. The van der Waals surface area contributed by atoms with Gasteiger partial charge in [-0.2, -0.15) is 0 Å². The second-order valence-electron chi connectivity index (χ2n) is 4.74. The quantitative estimate of drug-likeness (QED) is 0.749. The van der Waals surface area contributed by atoms with Gasteiger partial charge >= 0.3 is 0 Å². The van der Waals surface area contributed by atoms with E-state index in [1.54, 1.807) is 18.2 Å². The predicted octanol–water partition coefficient (Wildman–Crippen LogP) is 4.70.